The lowest BCUT2D eigenvalue weighted by atomic mass is 9.97. The second kappa shape index (κ2) is 10.3. The van der Waals surface area contributed by atoms with Crippen LogP contribution in [0.1, 0.15) is 67.2 Å². The molecule has 2 heterocycles. The zero-order chi connectivity index (χ0) is 24.2. The third-order valence-electron chi connectivity index (χ3n) is 5.53. The van der Waals surface area contributed by atoms with Crippen LogP contribution in [0.25, 0.3) is 5.52 Å². The molecule has 3 N–H and O–H groups in total. The van der Waals surface area contributed by atoms with Gasteiger partial charge in [0.1, 0.15) is 18.2 Å². The summed E-state index contributed by atoms with van der Waals surface area (Å²) >= 11 is 0. The standard InChI is InChI=1S/C25H32F2N4O2/c1-5-8-20-23(24(32)29-15-25(4,28)11-6-2)21-12-16(3)13-22(31(21)30-20)33-14-17-18(26)9-7-10-19(17)27/h7,9-10,12-13H,5-6,8,11,14-15,28H2,1-4H3,(H,29,32). The molecule has 2 aromatic heterocycles. The van der Waals surface area contributed by atoms with Crippen molar-refractivity contribution in [3.8, 4) is 5.88 Å². The predicted molar refractivity (Wildman–Crippen MR) is 124 cm³/mol. The molecule has 0 spiro atoms. The van der Waals surface area contributed by atoms with Gasteiger partial charge in [-0.15, -0.1) is 0 Å². The monoisotopic (exact) mass is 458 g/mol. The van der Waals surface area contributed by atoms with Crippen molar-refractivity contribution in [2.75, 3.05) is 6.54 Å². The topological polar surface area (TPSA) is 81.7 Å². The molecule has 0 saturated heterocycles. The van der Waals surface area contributed by atoms with Crippen molar-refractivity contribution >= 4 is 11.4 Å². The number of amides is 1. The smallest absolute Gasteiger partial charge is 0.255 e. The summed E-state index contributed by atoms with van der Waals surface area (Å²) in [5.41, 5.74) is 8.13. The van der Waals surface area contributed by atoms with Crippen LogP contribution >= 0.6 is 0 Å². The van der Waals surface area contributed by atoms with Gasteiger partial charge in [-0.3, -0.25) is 4.79 Å². The Labute approximate surface area is 193 Å². The number of aryl methyl sites for hydroxylation is 2. The van der Waals surface area contributed by atoms with Crippen LogP contribution in [-0.2, 0) is 13.0 Å². The number of rotatable bonds is 10. The highest BCUT2D eigenvalue weighted by atomic mass is 19.1. The van der Waals surface area contributed by atoms with E-state index in [1.807, 2.05) is 26.8 Å². The number of nitrogens with one attached hydrogen (secondary N) is 1. The zero-order valence-electron chi connectivity index (χ0n) is 19.7. The first-order chi connectivity index (χ1) is 15.7. The van der Waals surface area contributed by atoms with Crippen molar-refractivity contribution in [3.63, 3.8) is 0 Å². The second-order valence-electron chi connectivity index (χ2n) is 8.82. The predicted octanol–water partition coefficient (Wildman–Crippen LogP) is 4.70. The summed E-state index contributed by atoms with van der Waals surface area (Å²) in [6.07, 6.45) is 3.10. The van der Waals surface area contributed by atoms with E-state index in [1.165, 1.54) is 22.7 Å². The van der Waals surface area contributed by atoms with Crippen LogP contribution in [0.2, 0.25) is 0 Å². The quantitative estimate of drug-likeness (QED) is 0.461. The lowest BCUT2D eigenvalue weighted by Crippen LogP contribution is -2.47. The Morgan fingerprint density at radius 2 is 1.91 bits per heavy atom. The average Bonchev–Trinajstić information content (AvgIpc) is 3.10. The number of benzene rings is 1. The third-order valence-corrected chi connectivity index (χ3v) is 5.53. The fraction of sp³-hybridized carbons (Fsp3) is 0.440. The molecule has 0 radical (unpaired) electrons. The van der Waals surface area contributed by atoms with E-state index >= 15 is 0 Å². The van der Waals surface area contributed by atoms with Gasteiger partial charge in [-0.1, -0.05) is 32.8 Å². The molecule has 0 aliphatic rings. The average molecular weight is 459 g/mol. The Hall–Kier alpha value is -3.00. The highest BCUT2D eigenvalue weighted by Crippen LogP contribution is 2.26. The molecule has 3 rings (SSSR count). The second-order valence-corrected chi connectivity index (χ2v) is 8.82. The first-order valence-corrected chi connectivity index (χ1v) is 11.3. The molecule has 0 saturated carbocycles. The molecule has 0 fully saturated rings. The van der Waals surface area contributed by atoms with Gasteiger partial charge in [0.25, 0.3) is 5.91 Å². The number of nitrogens with zero attached hydrogens (tertiary/aromatic N) is 2. The zero-order valence-corrected chi connectivity index (χ0v) is 19.7. The number of carbonyl (C=O) groups excluding carboxylic acids is 1. The van der Waals surface area contributed by atoms with E-state index in [-0.39, 0.29) is 18.1 Å². The highest BCUT2D eigenvalue weighted by Gasteiger charge is 2.24. The lowest BCUT2D eigenvalue weighted by molar-refractivity contribution is 0.0944. The minimum atomic E-state index is -0.678. The molecule has 1 aromatic carbocycles. The molecular formula is C25H32F2N4O2. The van der Waals surface area contributed by atoms with Crippen LogP contribution in [-0.4, -0.2) is 27.6 Å². The first-order valence-electron chi connectivity index (χ1n) is 11.3. The Morgan fingerprint density at radius 1 is 1.21 bits per heavy atom. The van der Waals surface area contributed by atoms with E-state index in [1.54, 1.807) is 6.07 Å². The van der Waals surface area contributed by atoms with Gasteiger partial charge in [-0.2, -0.15) is 9.61 Å². The summed E-state index contributed by atoms with van der Waals surface area (Å²) in [7, 11) is 0. The number of pyridine rings is 1. The minimum absolute atomic E-state index is 0.163. The summed E-state index contributed by atoms with van der Waals surface area (Å²) in [5.74, 6) is -1.30. The maximum atomic E-state index is 14.1. The summed E-state index contributed by atoms with van der Waals surface area (Å²) in [6.45, 7) is 7.87. The molecule has 1 atom stereocenters. The number of fused-ring (bicyclic) bond motifs is 1. The maximum absolute atomic E-state index is 14.1. The molecule has 8 heteroatoms. The molecule has 1 amide bonds. The van der Waals surface area contributed by atoms with E-state index < -0.39 is 17.2 Å². The van der Waals surface area contributed by atoms with Crippen molar-refractivity contribution in [2.24, 2.45) is 5.73 Å². The summed E-state index contributed by atoms with van der Waals surface area (Å²) in [5, 5.41) is 7.57. The number of hydrogen-bond donors (Lipinski definition) is 2. The van der Waals surface area contributed by atoms with Gasteiger partial charge in [0, 0.05) is 18.2 Å². The fourth-order valence-electron chi connectivity index (χ4n) is 3.90. The molecule has 6 nitrogen and oxygen atoms in total. The molecule has 1 unspecified atom stereocenters. The van der Waals surface area contributed by atoms with Crippen LogP contribution in [0.5, 0.6) is 5.88 Å². The van der Waals surface area contributed by atoms with Gasteiger partial charge in [-0.25, -0.2) is 8.78 Å². The van der Waals surface area contributed by atoms with Crippen LogP contribution in [0, 0.1) is 18.6 Å². The van der Waals surface area contributed by atoms with Gasteiger partial charge in [0.2, 0.25) is 5.88 Å². The SMILES string of the molecule is CCCc1nn2c(OCc3c(F)cccc3F)cc(C)cc2c1C(=O)NCC(C)(N)CCC. The van der Waals surface area contributed by atoms with Gasteiger partial charge in [0.15, 0.2) is 0 Å². The van der Waals surface area contributed by atoms with Crippen molar-refractivity contribution in [1.82, 2.24) is 14.9 Å². The molecule has 33 heavy (non-hydrogen) atoms. The number of hydrogen-bond acceptors (Lipinski definition) is 4. The van der Waals surface area contributed by atoms with Crippen molar-refractivity contribution < 1.29 is 18.3 Å². The van der Waals surface area contributed by atoms with Gasteiger partial charge in [0.05, 0.1) is 22.3 Å². The van der Waals surface area contributed by atoms with Gasteiger partial charge >= 0.3 is 0 Å². The number of nitrogens with two attached hydrogens (primary N) is 1. The summed E-state index contributed by atoms with van der Waals surface area (Å²) in [4.78, 5) is 13.2. The highest BCUT2D eigenvalue weighted by molar-refractivity contribution is 6.02. The van der Waals surface area contributed by atoms with Crippen LogP contribution in [0.3, 0.4) is 0 Å². The van der Waals surface area contributed by atoms with E-state index in [0.29, 0.717) is 35.6 Å². The normalized spacial score (nSPS) is 13.2. The van der Waals surface area contributed by atoms with Crippen LogP contribution in [0.15, 0.2) is 30.3 Å². The molecule has 3 aromatic rings. The molecular weight excluding hydrogens is 426 g/mol. The van der Waals surface area contributed by atoms with Crippen molar-refractivity contribution in [2.45, 2.75) is 65.5 Å². The molecule has 178 valence electrons. The van der Waals surface area contributed by atoms with Crippen molar-refractivity contribution in [3.05, 3.63) is 64.4 Å². The number of ether oxygens (including phenoxy) is 1. The summed E-state index contributed by atoms with van der Waals surface area (Å²) < 4.78 is 35.4. The maximum Gasteiger partial charge on any atom is 0.255 e. The Morgan fingerprint density at radius 3 is 2.55 bits per heavy atom. The number of carbonyl (C=O) groups is 1. The molecule has 0 bridgehead atoms. The van der Waals surface area contributed by atoms with E-state index in [9.17, 15) is 13.6 Å². The van der Waals surface area contributed by atoms with E-state index in [2.05, 4.69) is 17.3 Å². The Balaban J connectivity index is 1.97. The Kier molecular flexibility index (Phi) is 7.68. The number of halogens is 2. The summed E-state index contributed by atoms with van der Waals surface area (Å²) in [6, 6.07) is 7.26. The largest absolute Gasteiger partial charge is 0.473 e. The van der Waals surface area contributed by atoms with E-state index in [4.69, 9.17) is 10.5 Å². The lowest BCUT2D eigenvalue weighted by Gasteiger charge is -2.24. The fourth-order valence-corrected chi connectivity index (χ4v) is 3.90. The third kappa shape index (κ3) is 5.68. The first kappa shape index (κ1) is 24.6. The molecule has 0 aliphatic carbocycles. The van der Waals surface area contributed by atoms with Gasteiger partial charge < -0.3 is 15.8 Å². The van der Waals surface area contributed by atoms with Gasteiger partial charge in [-0.05, 0) is 50.5 Å². The number of aromatic nitrogens is 2. The van der Waals surface area contributed by atoms with Crippen LogP contribution < -0.4 is 15.8 Å². The van der Waals surface area contributed by atoms with Crippen molar-refractivity contribution in [1.29, 1.82) is 0 Å². The van der Waals surface area contributed by atoms with E-state index in [0.717, 1.165) is 24.8 Å². The van der Waals surface area contributed by atoms with Crippen LogP contribution in [0.4, 0.5) is 8.78 Å². The minimum Gasteiger partial charge on any atom is -0.473 e. The Bertz CT molecular complexity index is 1120. The molecule has 0 aliphatic heterocycles.